The van der Waals surface area contributed by atoms with Crippen LogP contribution in [0.1, 0.15) is 6.42 Å². The van der Waals surface area contributed by atoms with Crippen LogP contribution in [0.25, 0.3) is 0 Å². The molecule has 124 valence electrons. The number of nitrogens with one attached hydrogen (secondary N) is 1. The molecular weight excluding hydrogens is 328 g/mol. The van der Waals surface area contributed by atoms with Gasteiger partial charge in [-0.15, -0.1) is 0 Å². The molecule has 2 heterocycles. The van der Waals surface area contributed by atoms with Gasteiger partial charge in [0.15, 0.2) is 9.84 Å². The Morgan fingerprint density at radius 1 is 1.27 bits per heavy atom. The first kappa shape index (κ1) is 17.0. The van der Waals surface area contributed by atoms with Crippen LogP contribution in [0, 0.1) is 0 Å². The van der Waals surface area contributed by atoms with E-state index in [9.17, 15) is 16.8 Å². The highest BCUT2D eigenvalue weighted by Gasteiger charge is 2.30. The molecule has 1 atom stereocenters. The van der Waals surface area contributed by atoms with Crippen LogP contribution in [-0.2, 0) is 20.0 Å². The third-order valence-electron chi connectivity index (χ3n) is 3.63. The van der Waals surface area contributed by atoms with Gasteiger partial charge < -0.3 is 4.90 Å². The zero-order valence-corrected chi connectivity index (χ0v) is 14.4. The zero-order valence-electron chi connectivity index (χ0n) is 12.7. The number of aromatic nitrogens is 1. The maximum atomic E-state index is 11.7. The maximum Gasteiger partial charge on any atom is 0.302 e. The highest BCUT2D eigenvalue weighted by Crippen LogP contribution is 2.23. The van der Waals surface area contributed by atoms with Crippen LogP contribution in [0.2, 0.25) is 0 Å². The predicted octanol–water partition coefficient (Wildman–Crippen LogP) is -0.0768. The van der Waals surface area contributed by atoms with E-state index >= 15 is 0 Å². The van der Waals surface area contributed by atoms with Crippen LogP contribution < -0.4 is 9.62 Å². The Morgan fingerprint density at radius 2 is 1.95 bits per heavy atom. The molecule has 1 aromatic rings. The molecular formula is C12H20N4O4S2. The first-order valence-corrected chi connectivity index (χ1v) is 9.96. The summed E-state index contributed by atoms with van der Waals surface area (Å²) in [5.74, 6) is 0.555. The molecule has 0 amide bonds. The van der Waals surface area contributed by atoms with Gasteiger partial charge in [0, 0.05) is 27.2 Å². The number of hydrogen-bond donors (Lipinski definition) is 1. The van der Waals surface area contributed by atoms with Crippen molar-refractivity contribution in [3.05, 3.63) is 18.3 Å². The van der Waals surface area contributed by atoms with Crippen LogP contribution in [0.15, 0.2) is 18.3 Å². The quantitative estimate of drug-likeness (QED) is 0.799. The van der Waals surface area contributed by atoms with Crippen LogP contribution in [-0.4, -0.2) is 64.8 Å². The highest BCUT2D eigenvalue weighted by molar-refractivity contribution is 7.91. The Bertz CT molecular complexity index is 729. The maximum absolute atomic E-state index is 11.7. The smallest absolute Gasteiger partial charge is 0.302 e. The fraction of sp³-hybridized carbons (Fsp3) is 0.583. The van der Waals surface area contributed by atoms with E-state index < -0.39 is 20.0 Å². The van der Waals surface area contributed by atoms with Crippen molar-refractivity contribution in [2.24, 2.45) is 0 Å². The van der Waals surface area contributed by atoms with Gasteiger partial charge in [0.25, 0.3) is 0 Å². The molecule has 1 N–H and O–H groups in total. The Morgan fingerprint density at radius 3 is 2.41 bits per heavy atom. The molecule has 0 saturated carbocycles. The van der Waals surface area contributed by atoms with Crippen LogP contribution in [0.4, 0.5) is 11.5 Å². The summed E-state index contributed by atoms with van der Waals surface area (Å²) in [5.41, 5.74) is 0.745. The van der Waals surface area contributed by atoms with Gasteiger partial charge in [-0.2, -0.15) is 12.7 Å². The van der Waals surface area contributed by atoms with E-state index in [1.54, 1.807) is 12.1 Å². The summed E-state index contributed by atoms with van der Waals surface area (Å²) in [6.07, 6.45) is 2.12. The van der Waals surface area contributed by atoms with Crippen molar-refractivity contribution in [1.82, 2.24) is 9.29 Å². The summed E-state index contributed by atoms with van der Waals surface area (Å²) in [6, 6.07) is 3.19. The molecule has 0 aliphatic carbocycles. The molecule has 22 heavy (non-hydrogen) atoms. The molecule has 1 aromatic heterocycles. The number of sulfone groups is 1. The molecule has 1 fully saturated rings. The summed E-state index contributed by atoms with van der Waals surface area (Å²) in [4.78, 5) is 5.93. The Labute approximate surface area is 131 Å². The van der Waals surface area contributed by atoms with Gasteiger partial charge in [-0.3, -0.25) is 4.72 Å². The minimum atomic E-state index is -3.59. The lowest BCUT2D eigenvalue weighted by Crippen LogP contribution is -2.32. The average Bonchev–Trinajstić information content (AvgIpc) is 2.78. The van der Waals surface area contributed by atoms with Crippen LogP contribution in [0.5, 0.6) is 0 Å². The van der Waals surface area contributed by atoms with Crippen molar-refractivity contribution in [2.75, 3.05) is 42.3 Å². The third-order valence-corrected chi connectivity index (χ3v) is 6.80. The van der Waals surface area contributed by atoms with Gasteiger partial charge in [0.2, 0.25) is 0 Å². The number of hydrogen-bond acceptors (Lipinski definition) is 6. The molecule has 1 aliphatic heterocycles. The second-order valence-corrected chi connectivity index (χ2v) is 9.57. The van der Waals surface area contributed by atoms with E-state index in [-0.39, 0.29) is 23.4 Å². The second kappa shape index (κ2) is 6.01. The summed E-state index contributed by atoms with van der Waals surface area (Å²) < 4.78 is 49.8. The van der Waals surface area contributed by atoms with Crippen molar-refractivity contribution >= 4 is 31.6 Å². The van der Waals surface area contributed by atoms with Gasteiger partial charge in [0.05, 0.1) is 23.4 Å². The normalized spacial score (nSPS) is 21.0. The molecule has 0 spiro atoms. The van der Waals surface area contributed by atoms with Crippen molar-refractivity contribution in [1.29, 1.82) is 0 Å². The molecule has 0 aromatic carbocycles. The third kappa shape index (κ3) is 3.87. The Hall–Kier alpha value is -1.39. The summed E-state index contributed by atoms with van der Waals surface area (Å²) in [7, 11) is -1.88. The summed E-state index contributed by atoms with van der Waals surface area (Å²) in [5, 5.41) is 0. The molecule has 1 aliphatic rings. The lowest BCUT2D eigenvalue weighted by Gasteiger charge is -2.25. The van der Waals surface area contributed by atoms with E-state index in [4.69, 9.17) is 0 Å². The van der Waals surface area contributed by atoms with Crippen molar-refractivity contribution in [3.63, 3.8) is 0 Å². The number of nitrogens with zero attached hydrogens (tertiary/aromatic N) is 3. The minimum Gasteiger partial charge on any atom is -0.369 e. The topological polar surface area (TPSA) is 99.7 Å². The van der Waals surface area contributed by atoms with Crippen LogP contribution >= 0.6 is 0 Å². The highest BCUT2D eigenvalue weighted by atomic mass is 32.2. The average molecular weight is 348 g/mol. The van der Waals surface area contributed by atoms with Crippen molar-refractivity contribution in [2.45, 2.75) is 12.5 Å². The first-order valence-electron chi connectivity index (χ1n) is 6.70. The van der Waals surface area contributed by atoms with Crippen molar-refractivity contribution < 1.29 is 16.8 Å². The molecule has 1 saturated heterocycles. The number of pyridine rings is 1. The lowest BCUT2D eigenvalue weighted by atomic mass is 10.2. The first-order chi connectivity index (χ1) is 10.1. The van der Waals surface area contributed by atoms with E-state index in [1.165, 1.54) is 20.3 Å². The van der Waals surface area contributed by atoms with Gasteiger partial charge in [-0.1, -0.05) is 0 Å². The molecule has 0 radical (unpaired) electrons. The lowest BCUT2D eigenvalue weighted by molar-refractivity contribution is 0.526. The van der Waals surface area contributed by atoms with E-state index in [1.807, 2.05) is 11.9 Å². The van der Waals surface area contributed by atoms with Gasteiger partial charge in [-0.05, 0) is 18.6 Å². The van der Waals surface area contributed by atoms with Gasteiger partial charge in [-0.25, -0.2) is 13.4 Å². The largest absolute Gasteiger partial charge is 0.369 e. The summed E-state index contributed by atoms with van der Waals surface area (Å²) in [6.45, 7) is 0. The molecule has 2 rings (SSSR count). The SMILES string of the molecule is CN(c1ccc(NS(=O)(=O)N(C)C)nc1)C1CCS(=O)(=O)C1. The van der Waals surface area contributed by atoms with E-state index in [0.717, 1.165) is 9.99 Å². The van der Waals surface area contributed by atoms with Crippen molar-refractivity contribution in [3.8, 4) is 0 Å². The molecule has 0 bridgehead atoms. The van der Waals surface area contributed by atoms with E-state index in [2.05, 4.69) is 9.71 Å². The molecule has 8 nitrogen and oxygen atoms in total. The molecule has 10 heteroatoms. The standard InChI is InChI=1S/C12H20N4O4S2/c1-15(2)22(19,20)14-12-5-4-10(8-13-12)16(3)11-6-7-21(17,18)9-11/h4-5,8,11H,6-7,9H2,1-3H3,(H,13,14). The summed E-state index contributed by atoms with van der Waals surface area (Å²) >= 11 is 0. The Balaban J connectivity index is 2.09. The second-order valence-electron chi connectivity index (χ2n) is 5.46. The fourth-order valence-corrected chi connectivity index (χ4v) is 4.51. The predicted molar refractivity (Wildman–Crippen MR) is 85.9 cm³/mol. The van der Waals surface area contributed by atoms with Gasteiger partial charge in [0.1, 0.15) is 5.82 Å². The fourth-order valence-electron chi connectivity index (χ4n) is 2.17. The number of anilines is 2. The van der Waals surface area contributed by atoms with Crippen LogP contribution in [0.3, 0.4) is 0 Å². The monoisotopic (exact) mass is 348 g/mol. The zero-order chi connectivity index (χ0) is 16.5. The molecule has 1 unspecified atom stereocenters. The Kier molecular flexibility index (Phi) is 4.64. The minimum absolute atomic E-state index is 0.0730. The number of rotatable bonds is 5. The van der Waals surface area contributed by atoms with Gasteiger partial charge >= 0.3 is 10.2 Å². The van der Waals surface area contributed by atoms with E-state index in [0.29, 0.717) is 6.42 Å².